The van der Waals surface area contributed by atoms with Gasteiger partial charge in [0.1, 0.15) is 48.3 Å². The van der Waals surface area contributed by atoms with Gasteiger partial charge in [-0.3, -0.25) is 10.1 Å². The third-order valence-corrected chi connectivity index (χ3v) is 15.5. The summed E-state index contributed by atoms with van der Waals surface area (Å²) < 4.78 is 2.23. The highest BCUT2D eigenvalue weighted by Crippen LogP contribution is 2.43. The molecule has 2 aromatic rings. The van der Waals surface area contributed by atoms with Gasteiger partial charge in [-0.2, -0.15) is 0 Å². The van der Waals surface area contributed by atoms with Gasteiger partial charge in [0.05, 0.1) is 26.1 Å². The molecule has 1 fully saturated rings. The Kier molecular flexibility index (Phi) is 59.6. The summed E-state index contributed by atoms with van der Waals surface area (Å²) in [5.74, 6) is -1.87. The van der Waals surface area contributed by atoms with E-state index in [1.165, 1.54) is 23.8 Å². The normalized spacial score (nSPS) is 13.4. The molecule has 0 N–H and O–H groups in total. The number of ether oxygens (including phenoxy) is 1. The molecule has 1 saturated heterocycles. The van der Waals surface area contributed by atoms with Crippen LogP contribution in [0.2, 0.25) is 0 Å². The Morgan fingerprint density at radius 3 is 1.26 bits per heavy atom. The zero-order valence-electron chi connectivity index (χ0n) is 34.0. The zero-order valence-corrected chi connectivity index (χ0v) is 62.4. The number of alkyl halides is 8. The van der Waals surface area contributed by atoms with Crippen LogP contribution in [-0.4, -0.2) is 28.1 Å². The van der Waals surface area contributed by atoms with Crippen LogP contribution >= 0.6 is 382 Å². The number of esters is 1. The molecule has 0 amide bonds. The molecule has 0 spiro atoms. The number of nitro groups is 1. The lowest BCUT2D eigenvalue weighted by Gasteiger charge is -2.15. The lowest BCUT2D eigenvalue weighted by molar-refractivity contribution is -0.419. The Bertz CT molecular complexity index is 2220. The molecule has 0 bridgehead atoms. The van der Waals surface area contributed by atoms with Gasteiger partial charge in [0, 0.05) is 39.3 Å². The van der Waals surface area contributed by atoms with E-state index in [0.29, 0.717) is 16.2 Å². The number of allylic oxidation sites excluding steroid dienone is 7. The monoisotopic (exact) mass is 1910 g/mol. The molecule has 2 aromatic carbocycles. The summed E-state index contributed by atoms with van der Waals surface area (Å²) in [7, 11) is 0. The van der Waals surface area contributed by atoms with E-state index in [2.05, 4.69) is 92.0 Å². The third kappa shape index (κ3) is 49.3. The predicted octanol–water partition coefficient (Wildman–Crippen LogP) is 27.6. The Morgan fingerprint density at radius 2 is 1.05 bits per heavy atom. The second kappa shape index (κ2) is 50.2. The van der Waals surface area contributed by atoms with Crippen LogP contribution in [0, 0.1) is 10.1 Å². The van der Waals surface area contributed by atoms with Gasteiger partial charge < -0.3 is 4.74 Å². The van der Waals surface area contributed by atoms with Crippen molar-refractivity contribution in [1.82, 2.24) is 0 Å². The Balaban J connectivity index is -0.000000257. The van der Waals surface area contributed by atoms with E-state index in [1.54, 1.807) is 36.4 Å². The number of nitrogens with zero attached hydrogens (tertiary/aromatic N) is 1. The molecule has 38 heteroatoms. The highest BCUT2D eigenvalue weighted by molar-refractivity contribution is 9.93. The van der Waals surface area contributed by atoms with E-state index in [0.717, 1.165) is 11.6 Å². The van der Waals surface area contributed by atoms with Crippen LogP contribution in [-0.2, 0) is 20.5 Å². The van der Waals surface area contributed by atoms with Crippen LogP contribution in [0.15, 0.2) is 152 Å². The second-order valence-corrected chi connectivity index (χ2v) is 28.2. The first-order valence-corrected chi connectivity index (χ1v) is 33.1. The van der Waals surface area contributed by atoms with Crippen molar-refractivity contribution in [2.45, 2.75) is 23.2 Å². The van der Waals surface area contributed by atoms with Crippen molar-refractivity contribution in [3.05, 3.63) is 173 Å². The van der Waals surface area contributed by atoms with Crippen molar-refractivity contribution in [3.63, 3.8) is 0 Å². The minimum Gasteiger partial charge on any atom is -0.397 e. The molecular weight excluding hydrogens is 1910 g/mol. The first-order valence-electron chi connectivity index (χ1n) is 16.4. The van der Waals surface area contributed by atoms with Crippen molar-refractivity contribution in [3.8, 4) is 0 Å². The fraction of sp³-hybridized carbons (Fsp3) is 0.139. The summed E-state index contributed by atoms with van der Waals surface area (Å²) in [6.45, 7) is 0. The largest absolute Gasteiger partial charge is 0.412 e. The van der Waals surface area contributed by atoms with Crippen molar-refractivity contribution in [2.24, 2.45) is 0 Å². The average Bonchev–Trinajstić information content (AvgIpc) is 4.07. The first kappa shape index (κ1) is 87.8. The molecule has 0 radical (unpaired) electrons. The van der Waals surface area contributed by atoms with Gasteiger partial charge in [-0.1, -0.05) is 323 Å². The Hall–Kier alpha value is 5.02. The number of halogens is 31. The molecule has 0 saturated carbocycles. The lowest BCUT2D eigenvalue weighted by atomic mass is 10.2. The topological polar surface area (TPSA) is 94.5 Å². The van der Waals surface area contributed by atoms with Gasteiger partial charge >= 0.3 is 17.6 Å². The summed E-state index contributed by atoms with van der Waals surface area (Å²) >= 11 is 150. The number of carbonyl (C=O) groups excluding carboxylic acids is 1. The van der Waals surface area contributed by atoms with E-state index in [9.17, 15) is 14.9 Å². The lowest BCUT2D eigenvalue weighted by Crippen LogP contribution is -2.18. The molecule has 2 unspecified atom stereocenters. The van der Waals surface area contributed by atoms with Crippen LogP contribution in [0.25, 0.3) is 0 Å². The maximum absolute atomic E-state index is 11.9. The zero-order chi connectivity index (χ0) is 59.3. The standard InChI is InChI=1S/C14H10O4.C4H2Br2Cl4.C4BrCl4NO2.C4HBrCl4.C4H2Cl6.C4H2Cl4.C2HCl3.Br2/c15-13(11-7-3-1-4-8-11)16-14(17-18-14)12-9-5-2-6-10-12;5-3(9)4(6,10)1-2(7)8;5-3(7)1(6)2(4(8)9)10(11)12;5-4(9)2(6)1-3(7)8;5-2(6)1-4(9,10)3(7)8;5-2-3(6)1-4(7)8;3-1-2(4)5;1-2/h1-10H;1,3H;;1H;1,3H;1-2H;1H;. The number of benzene rings is 2. The van der Waals surface area contributed by atoms with Gasteiger partial charge in [-0.25, -0.2) is 4.79 Å². The second-order valence-electron chi connectivity index (χ2n) is 10.5. The minimum atomic E-state index is -1.43. The highest BCUT2D eigenvalue weighted by Gasteiger charge is 2.56. The average molecular weight is 1930 g/mol. The molecular formula is C36H18Br6Cl25NO6. The van der Waals surface area contributed by atoms with E-state index in [-0.39, 0.29) is 40.4 Å². The highest BCUT2D eigenvalue weighted by atomic mass is 80.9. The fourth-order valence-electron chi connectivity index (χ4n) is 2.65. The summed E-state index contributed by atoms with van der Waals surface area (Å²) in [4.78, 5) is 30.0. The minimum absolute atomic E-state index is 0.0666. The van der Waals surface area contributed by atoms with E-state index >= 15 is 0 Å². The van der Waals surface area contributed by atoms with Gasteiger partial charge in [-0.15, -0.1) is 44.6 Å². The van der Waals surface area contributed by atoms with Crippen molar-refractivity contribution in [1.29, 1.82) is 0 Å². The number of hydrogen-bond donors (Lipinski definition) is 0. The molecule has 7 nitrogen and oxygen atoms in total. The molecule has 74 heavy (non-hydrogen) atoms. The molecule has 2 atom stereocenters. The molecule has 0 aromatic heterocycles. The molecule has 0 aliphatic carbocycles. The molecule has 1 heterocycles. The quantitative estimate of drug-likeness (QED) is 0.0423. The van der Waals surface area contributed by atoms with Crippen LogP contribution in [0.1, 0.15) is 15.9 Å². The van der Waals surface area contributed by atoms with Gasteiger partial charge in [0.15, 0.2) is 8.82 Å². The number of carbonyl (C=O) groups is 1. The van der Waals surface area contributed by atoms with E-state index in [4.69, 9.17) is 305 Å². The van der Waals surface area contributed by atoms with Crippen LogP contribution in [0.3, 0.4) is 0 Å². The van der Waals surface area contributed by atoms with Crippen LogP contribution in [0.4, 0.5) is 0 Å². The van der Waals surface area contributed by atoms with E-state index < -0.39 is 44.3 Å². The molecule has 420 valence electrons. The SMILES string of the molecule is BrBr.ClC(Cl)=CC(Cl)(Br)C(Cl)Br.ClC(Cl)=CC(Cl)(Cl)C(Cl)Cl.ClC(Cl)=CC(Cl)=C(Cl)Br.ClC=C(Cl)C=C(Cl)Cl.ClC=C(Cl)Cl.O=C(OC1(c2ccccc2)OO1)c1ccccc1.O=[N+]([O-])C(=C(Cl)Cl)C(Cl)=C(Cl)Br. The third-order valence-electron chi connectivity index (χ3n) is 5.37. The van der Waals surface area contributed by atoms with Crippen molar-refractivity contribution >= 4 is 388 Å². The fourth-order valence-corrected chi connectivity index (χ4v) is 6.81. The van der Waals surface area contributed by atoms with Gasteiger partial charge in [0.25, 0.3) is 0 Å². The maximum Gasteiger partial charge on any atom is 0.412 e. The van der Waals surface area contributed by atoms with Crippen molar-refractivity contribution < 1.29 is 24.2 Å². The maximum atomic E-state index is 11.9. The number of rotatable bonds is 11. The smallest absolute Gasteiger partial charge is 0.397 e. The Morgan fingerprint density at radius 1 is 0.649 bits per heavy atom. The molecule has 1 aliphatic rings. The predicted molar refractivity (Wildman–Crippen MR) is 352 cm³/mol. The molecule has 3 rings (SSSR count). The summed E-state index contributed by atoms with van der Waals surface area (Å²) in [5, 5.41) is 10.5. The summed E-state index contributed by atoms with van der Waals surface area (Å²) in [6, 6.07) is 17.7. The van der Waals surface area contributed by atoms with Crippen molar-refractivity contribution in [2.75, 3.05) is 0 Å². The van der Waals surface area contributed by atoms with Crippen LogP contribution in [0.5, 0.6) is 0 Å². The summed E-state index contributed by atoms with van der Waals surface area (Å²) in [6.07, 6.45) is 5.17. The molecule has 1 aliphatic heterocycles. The Labute approximate surface area is 599 Å². The van der Waals surface area contributed by atoms with Gasteiger partial charge in [0.2, 0.25) is 0 Å². The first-order chi connectivity index (χ1) is 33.9. The van der Waals surface area contributed by atoms with Gasteiger partial charge in [-0.05, 0) is 80.4 Å². The van der Waals surface area contributed by atoms with E-state index in [1.807, 2.05) is 24.3 Å². The number of hydrogen-bond acceptors (Lipinski definition) is 6. The van der Waals surface area contributed by atoms with Crippen LogP contribution < -0.4 is 0 Å². The summed E-state index contributed by atoms with van der Waals surface area (Å²) in [5.41, 5.74) is 2.72.